The fraction of sp³-hybridized carbons (Fsp3) is 0.590. The van der Waals surface area contributed by atoms with Crippen LogP contribution < -0.4 is 16.0 Å². The second kappa shape index (κ2) is 21.0. The van der Waals surface area contributed by atoms with Crippen LogP contribution in [0.25, 0.3) is 0 Å². The summed E-state index contributed by atoms with van der Waals surface area (Å²) in [4.78, 5) is 49.0. The number of carbonyl (C=O) groups excluding carboxylic acids is 3. The van der Waals surface area contributed by atoms with Crippen molar-refractivity contribution >= 4 is 35.3 Å². The van der Waals surface area contributed by atoms with Crippen LogP contribution in [-0.2, 0) is 27.1 Å². The highest BCUT2D eigenvalue weighted by molar-refractivity contribution is 8.12. The highest BCUT2D eigenvalue weighted by Crippen LogP contribution is 2.22. The normalized spacial score (nSPS) is 19.8. The average molecular weight is 721 g/mol. The summed E-state index contributed by atoms with van der Waals surface area (Å²) in [6, 6.07) is 19.1. The van der Waals surface area contributed by atoms with Gasteiger partial charge in [0, 0.05) is 44.8 Å². The number of aliphatic imine (C=N–C) groups is 1. The van der Waals surface area contributed by atoms with Crippen molar-refractivity contribution in [1.82, 2.24) is 25.8 Å². The van der Waals surface area contributed by atoms with Gasteiger partial charge in [0.05, 0.1) is 30.6 Å². The lowest BCUT2D eigenvalue weighted by Gasteiger charge is -2.33. The molecule has 2 aromatic rings. The molecule has 2 aliphatic heterocycles. The lowest BCUT2D eigenvalue weighted by Crippen LogP contribution is -2.55. The van der Waals surface area contributed by atoms with Gasteiger partial charge in [0.15, 0.2) is 0 Å². The van der Waals surface area contributed by atoms with E-state index in [9.17, 15) is 14.4 Å². The van der Waals surface area contributed by atoms with E-state index in [4.69, 9.17) is 9.47 Å². The van der Waals surface area contributed by atoms with E-state index < -0.39 is 12.1 Å². The first-order valence-corrected chi connectivity index (χ1v) is 19.7. The molecule has 0 radical (unpaired) electrons. The Hall–Kier alpha value is -3.61. The van der Waals surface area contributed by atoms with Crippen molar-refractivity contribution in [2.24, 2.45) is 4.99 Å². The monoisotopic (exact) mass is 720 g/mol. The van der Waals surface area contributed by atoms with Gasteiger partial charge in [0.1, 0.15) is 12.6 Å². The van der Waals surface area contributed by atoms with Gasteiger partial charge in [0.25, 0.3) is 0 Å². The van der Waals surface area contributed by atoms with Crippen LogP contribution in [0.15, 0.2) is 65.7 Å². The van der Waals surface area contributed by atoms with Crippen LogP contribution in [0.2, 0.25) is 0 Å². The Morgan fingerprint density at radius 2 is 1.51 bits per heavy atom. The molecule has 0 spiro atoms. The molecule has 2 heterocycles. The molecule has 4 amide bonds. The molecule has 1 aliphatic carbocycles. The quantitative estimate of drug-likeness (QED) is 0.209. The van der Waals surface area contributed by atoms with Gasteiger partial charge in [-0.2, -0.15) is 0 Å². The molecule has 3 N–H and O–H groups in total. The minimum atomic E-state index is -0.685. The minimum Gasteiger partial charge on any atom is -0.448 e. The third-order valence-corrected chi connectivity index (χ3v) is 11.1. The topological polar surface area (TPSA) is 125 Å². The number of carbonyl (C=O) groups is 3. The van der Waals surface area contributed by atoms with Crippen molar-refractivity contribution in [3.63, 3.8) is 0 Å². The Bertz CT molecular complexity index is 1360. The van der Waals surface area contributed by atoms with Gasteiger partial charge in [-0.25, -0.2) is 9.59 Å². The highest BCUT2D eigenvalue weighted by atomic mass is 32.2. The summed E-state index contributed by atoms with van der Waals surface area (Å²) in [6.45, 7) is 4.61. The third-order valence-electron chi connectivity index (χ3n) is 10.1. The smallest absolute Gasteiger partial charge is 0.407 e. The summed E-state index contributed by atoms with van der Waals surface area (Å²) < 4.78 is 11.1. The van der Waals surface area contributed by atoms with Gasteiger partial charge in [0.2, 0.25) is 5.91 Å². The van der Waals surface area contributed by atoms with E-state index in [1.807, 2.05) is 43.4 Å². The number of ether oxygens (including phenoxy) is 2. The summed E-state index contributed by atoms with van der Waals surface area (Å²) in [5.74, 6) is -0.183. The minimum absolute atomic E-state index is 0.146. The van der Waals surface area contributed by atoms with Crippen molar-refractivity contribution < 1.29 is 23.9 Å². The molecule has 1 saturated carbocycles. The highest BCUT2D eigenvalue weighted by Gasteiger charge is 2.29. The Kier molecular flexibility index (Phi) is 15.9. The molecule has 4 unspecified atom stereocenters. The maximum atomic E-state index is 14.2. The van der Waals surface area contributed by atoms with Crippen molar-refractivity contribution in [2.45, 2.75) is 93.6 Å². The number of nitrogens with one attached hydrogen (secondary N) is 3. The number of rotatable bonds is 17. The lowest BCUT2D eigenvalue weighted by atomic mass is 9.94. The maximum Gasteiger partial charge on any atom is 0.407 e. The number of urea groups is 1. The Labute approximate surface area is 307 Å². The fourth-order valence-corrected chi connectivity index (χ4v) is 7.71. The largest absolute Gasteiger partial charge is 0.448 e. The number of amides is 4. The Morgan fingerprint density at radius 1 is 0.882 bits per heavy atom. The van der Waals surface area contributed by atoms with Crippen LogP contribution >= 0.6 is 11.8 Å². The third kappa shape index (κ3) is 13.5. The molecule has 5 rings (SSSR count). The van der Waals surface area contributed by atoms with Crippen LogP contribution in [0.5, 0.6) is 0 Å². The van der Waals surface area contributed by atoms with Crippen LogP contribution in [0.3, 0.4) is 0 Å². The summed E-state index contributed by atoms with van der Waals surface area (Å²) in [6.07, 6.45) is 8.00. The first-order chi connectivity index (χ1) is 24.9. The summed E-state index contributed by atoms with van der Waals surface area (Å²) in [5.41, 5.74) is 4.02. The van der Waals surface area contributed by atoms with Gasteiger partial charge in [-0.3, -0.25) is 14.7 Å². The van der Waals surface area contributed by atoms with E-state index in [0.717, 1.165) is 49.9 Å². The maximum absolute atomic E-state index is 14.2. The molecule has 3 aliphatic rings. The fourth-order valence-electron chi connectivity index (χ4n) is 7.04. The summed E-state index contributed by atoms with van der Waals surface area (Å²) in [7, 11) is 1.85. The number of alkyl carbamates (subject to hydrolysis) is 1. The van der Waals surface area contributed by atoms with Crippen LogP contribution in [0, 0.1) is 0 Å². The second-order valence-electron chi connectivity index (χ2n) is 14.0. The lowest BCUT2D eigenvalue weighted by molar-refractivity contribution is -0.124. The summed E-state index contributed by atoms with van der Waals surface area (Å²) >= 11 is 1.58. The molecule has 0 aromatic heterocycles. The number of morpholine rings is 1. The zero-order chi connectivity index (χ0) is 35.7. The van der Waals surface area contributed by atoms with Crippen LogP contribution in [0.4, 0.5) is 9.59 Å². The number of nitrogens with zero attached hydrogens (tertiary/aromatic N) is 3. The van der Waals surface area contributed by atoms with Gasteiger partial charge < -0.3 is 30.3 Å². The number of benzene rings is 2. The zero-order valence-electron chi connectivity index (χ0n) is 30.0. The van der Waals surface area contributed by atoms with E-state index in [1.165, 1.54) is 6.42 Å². The van der Waals surface area contributed by atoms with Crippen LogP contribution in [-0.4, -0.2) is 116 Å². The van der Waals surface area contributed by atoms with Gasteiger partial charge in [-0.05, 0) is 56.1 Å². The SMILES string of the molecule is CN(C(=O)NC(CCN1CCOCC1)C(=O)NC(CCC(Cc1ccccc1)NC(=O)OCC1CN=CS1)Cc1ccccc1)C1CCCCC1. The van der Waals surface area contributed by atoms with E-state index >= 15 is 0 Å². The molecule has 1 saturated heterocycles. The number of hydrogen-bond donors (Lipinski definition) is 3. The van der Waals surface area contributed by atoms with Crippen molar-refractivity contribution in [1.29, 1.82) is 0 Å². The molecule has 51 heavy (non-hydrogen) atoms. The molecule has 278 valence electrons. The van der Waals surface area contributed by atoms with E-state index in [2.05, 4.69) is 50.1 Å². The molecule has 0 bridgehead atoms. The first kappa shape index (κ1) is 38.6. The standard InChI is InChI=1S/C39H56N6O5S/c1-44(34-15-9-4-10-16-34)38(47)43-36(19-20-45-21-23-49-24-22-45)37(46)41-32(25-30-11-5-2-6-12-30)17-18-33(26-31-13-7-3-8-14-31)42-39(48)50-28-35-27-40-29-51-35/h2-3,5-8,11-14,29,32-36H,4,9-10,15-28H2,1H3,(H,41,46)(H,42,48)(H,43,47). The molecule has 11 nitrogen and oxygen atoms in total. The van der Waals surface area contributed by atoms with Crippen molar-refractivity contribution in [2.75, 3.05) is 53.0 Å². The summed E-state index contributed by atoms with van der Waals surface area (Å²) in [5, 5.41) is 9.71. The zero-order valence-corrected chi connectivity index (χ0v) is 30.9. The van der Waals surface area contributed by atoms with Crippen molar-refractivity contribution in [3.8, 4) is 0 Å². The van der Waals surface area contributed by atoms with E-state index in [0.29, 0.717) is 65.0 Å². The van der Waals surface area contributed by atoms with Gasteiger partial charge >= 0.3 is 12.1 Å². The molecule has 2 fully saturated rings. The van der Waals surface area contributed by atoms with Crippen molar-refractivity contribution in [3.05, 3.63) is 71.8 Å². The second-order valence-corrected chi connectivity index (χ2v) is 15.1. The molecule has 12 heteroatoms. The molecule has 4 atom stereocenters. The van der Waals surface area contributed by atoms with Gasteiger partial charge in [-0.1, -0.05) is 79.9 Å². The molecular formula is C39H56N6O5S. The predicted molar refractivity (Wildman–Crippen MR) is 203 cm³/mol. The molecular weight excluding hydrogens is 665 g/mol. The van der Waals surface area contributed by atoms with Gasteiger partial charge in [-0.15, -0.1) is 11.8 Å². The van der Waals surface area contributed by atoms with Crippen LogP contribution in [0.1, 0.15) is 62.5 Å². The first-order valence-electron chi connectivity index (χ1n) is 18.7. The Morgan fingerprint density at radius 3 is 2.12 bits per heavy atom. The predicted octanol–water partition coefficient (Wildman–Crippen LogP) is 5.04. The molecule has 2 aromatic carbocycles. The number of thioether (sulfide) groups is 1. The average Bonchev–Trinajstić information content (AvgIpc) is 3.70. The van der Waals surface area contributed by atoms with E-state index in [-0.39, 0.29) is 35.3 Å². The Balaban J connectivity index is 1.26. The number of hydrogen-bond acceptors (Lipinski definition) is 8. The van der Waals surface area contributed by atoms with E-state index in [1.54, 1.807) is 22.2 Å².